The summed E-state index contributed by atoms with van der Waals surface area (Å²) in [4.78, 5) is 13.4. The van der Waals surface area contributed by atoms with Crippen LogP contribution < -0.4 is 11.3 Å². The van der Waals surface area contributed by atoms with Gasteiger partial charge in [0.2, 0.25) is 11.4 Å². The Hall–Kier alpha value is -2.11. The maximum Gasteiger partial charge on any atom is 0.313 e. The first-order valence-electron chi connectivity index (χ1n) is 3.54. The molecule has 0 radical (unpaired) electrons. The molecule has 2 aromatic rings. The molecule has 0 saturated carbocycles. The molecule has 6 heteroatoms. The van der Waals surface area contributed by atoms with Crippen LogP contribution in [0.5, 0.6) is 0 Å². The molecule has 0 fully saturated rings. The number of rotatable bonds is 1. The Morgan fingerprint density at radius 2 is 2.31 bits per heavy atom. The maximum atomic E-state index is 10.9. The number of nitrogens with zero attached hydrogens (tertiary/aromatic N) is 2. The van der Waals surface area contributed by atoms with E-state index in [9.17, 15) is 4.79 Å². The Morgan fingerprint density at radius 3 is 2.92 bits per heavy atom. The SMILES string of the molecule is Nc1nnc(-c2cc[nH]c(=O)c2)o1. The van der Waals surface area contributed by atoms with Gasteiger partial charge in [-0.1, -0.05) is 5.10 Å². The lowest BCUT2D eigenvalue weighted by Crippen LogP contribution is -2.01. The fourth-order valence-corrected chi connectivity index (χ4v) is 0.929. The second-order valence-electron chi connectivity index (χ2n) is 2.39. The van der Waals surface area contributed by atoms with Crippen LogP contribution in [0.2, 0.25) is 0 Å². The summed E-state index contributed by atoms with van der Waals surface area (Å²) in [7, 11) is 0. The summed E-state index contributed by atoms with van der Waals surface area (Å²) in [6, 6.07) is 2.98. The highest BCUT2D eigenvalue weighted by Crippen LogP contribution is 2.15. The van der Waals surface area contributed by atoms with Crippen molar-refractivity contribution in [2.45, 2.75) is 0 Å². The fourth-order valence-electron chi connectivity index (χ4n) is 0.929. The molecule has 0 aliphatic carbocycles. The first-order valence-corrected chi connectivity index (χ1v) is 3.54. The van der Waals surface area contributed by atoms with Crippen molar-refractivity contribution < 1.29 is 4.42 Å². The van der Waals surface area contributed by atoms with E-state index in [2.05, 4.69) is 15.2 Å². The van der Waals surface area contributed by atoms with Gasteiger partial charge in [0.05, 0.1) is 0 Å². The van der Waals surface area contributed by atoms with Gasteiger partial charge in [0.25, 0.3) is 0 Å². The number of H-pyrrole nitrogens is 1. The molecule has 0 unspecified atom stereocenters. The standard InChI is InChI=1S/C7H6N4O2/c8-7-11-10-6(13-7)4-1-2-9-5(12)3-4/h1-3H,(H2,8,11)(H,9,12). The number of nitrogens with two attached hydrogens (primary N) is 1. The lowest BCUT2D eigenvalue weighted by molar-refractivity contribution is 0.590. The number of anilines is 1. The monoisotopic (exact) mass is 178 g/mol. The van der Waals surface area contributed by atoms with Crippen molar-refractivity contribution in [2.75, 3.05) is 5.73 Å². The molecule has 0 aliphatic rings. The van der Waals surface area contributed by atoms with Crippen molar-refractivity contribution in [1.29, 1.82) is 0 Å². The zero-order valence-corrected chi connectivity index (χ0v) is 6.52. The second kappa shape index (κ2) is 2.74. The predicted molar refractivity (Wildman–Crippen MR) is 44.8 cm³/mol. The van der Waals surface area contributed by atoms with Crippen molar-refractivity contribution in [1.82, 2.24) is 15.2 Å². The van der Waals surface area contributed by atoms with Crippen molar-refractivity contribution in [2.24, 2.45) is 0 Å². The van der Waals surface area contributed by atoms with E-state index in [0.29, 0.717) is 5.56 Å². The Bertz CT molecular complexity index is 473. The predicted octanol–water partition coefficient (Wildman–Crippen LogP) is 0.00710. The topological polar surface area (TPSA) is 97.8 Å². The van der Waals surface area contributed by atoms with Crippen molar-refractivity contribution in [3.63, 3.8) is 0 Å². The highest BCUT2D eigenvalue weighted by atomic mass is 16.4. The molecule has 2 rings (SSSR count). The minimum absolute atomic E-state index is 0.0183. The third-order valence-electron chi connectivity index (χ3n) is 1.46. The molecule has 0 bridgehead atoms. The summed E-state index contributed by atoms with van der Waals surface area (Å²) >= 11 is 0. The van der Waals surface area contributed by atoms with Crippen LogP contribution in [0, 0.1) is 0 Å². The van der Waals surface area contributed by atoms with Crippen molar-refractivity contribution in [3.8, 4) is 11.5 Å². The first kappa shape index (κ1) is 7.53. The molecule has 13 heavy (non-hydrogen) atoms. The Balaban J connectivity index is 2.52. The van der Waals surface area contributed by atoms with Gasteiger partial charge in [-0.05, 0) is 6.07 Å². The van der Waals surface area contributed by atoms with Gasteiger partial charge in [-0.3, -0.25) is 4.79 Å². The molecular weight excluding hydrogens is 172 g/mol. The zero-order chi connectivity index (χ0) is 9.26. The fraction of sp³-hybridized carbons (Fsp3) is 0. The van der Waals surface area contributed by atoms with E-state index in [-0.39, 0.29) is 17.5 Å². The summed E-state index contributed by atoms with van der Waals surface area (Å²) in [5.41, 5.74) is 5.55. The van der Waals surface area contributed by atoms with E-state index in [1.165, 1.54) is 12.3 Å². The number of nitrogens with one attached hydrogen (secondary N) is 1. The Kier molecular flexibility index (Phi) is 1.59. The number of hydrogen-bond donors (Lipinski definition) is 2. The van der Waals surface area contributed by atoms with E-state index in [1.807, 2.05) is 0 Å². The van der Waals surface area contributed by atoms with Gasteiger partial charge in [-0.2, -0.15) is 0 Å². The quantitative estimate of drug-likeness (QED) is 0.640. The van der Waals surface area contributed by atoms with Gasteiger partial charge < -0.3 is 15.1 Å². The van der Waals surface area contributed by atoms with Gasteiger partial charge >= 0.3 is 6.01 Å². The van der Waals surface area contributed by atoms with Crippen LogP contribution in [-0.2, 0) is 0 Å². The van der Waals surface area contributed by atoms with Crippen LogP contribution in [0.4, 0.5) is 6.01 Å². The van der Waals surface area contributed by atoms with E-state index in [0.717, 1.165) is 0 Å². The van der Waals surface area contributed by atoms with Gasteiger partial charge in [-0.15, -0.1) is 5.10 Å². The minimum Gasteiger partial charge on any atom is -0.404 e. The van der Waals surface area contributed by atoms with Crippen molar-refractivity contribution in [3.05, 3.63) is 28.7 Å². The van der Waals surface area contributed by atoms with E-state index in [4.69, 9.17) is 10.2 Å². The van der Waals surface area contributed by atoms with E-state index in [1.54, 1.807) is 6.07 Å². The normalized spacial score (nSPS) is 10.2. The van der Waals surface area contributed by atoms with Crippen LogP contribution in [0.25, 0.3) is 11.5 Å². The van der Waals surface area contributed by atoms with Crippen molar-refractivity contribution >= 4 is 6.01 Å². The zero-order valence-electron chi connectivity index (χ0n) is 6.52. The largest absolute Gasteiger partial charge is 0.404 e. The molecule has 2 aromatic heterocycles. The molecule has 0 saturated heterocycles. The number of aromatic nitrogens is 3. The summed E-state index contributed by atoms with van der Waals surface area (Å²) in [5.74, 6) is 0.239. The van der Waals surface area contributed by atoms with Gasteiger partial charge in [0, 0.05) is 17.8 Å². The molecule has 0 aliphatic heterocycles. The van der Waals surface area contributed by atoms with Crippen LogP contribution >= 0.6 is 0 Å². The third kappa shape index (κ3) is 1.41. The average Bonchev–Trinajstić information content (AvgIpc) is 2.52. The number of nitrogen functional groups attached to an aromatic ring is 1. The molecule has 0 amide bonds. The molecule has 6 nitrogen and oxygen atoms in total. The number of hydrogen-bond acceptors (Lipinski definition) is 5. The first-order chi connectivity index (χ1) is 6.25. The Labute approximate surface area is 72.4 Å². The molecule has 0 atom stereocenters. The molecule has 0 aromatic carbocycles. The van der Waals surface area contributed by atoms with Gasteiger partial charge in [-0.25, -0.2) is 0 Å². The highest BCUT2D eigenvalue weighted by Gasteiger charge is 2.05. The minimum atomic E-state index is -0.228. The molecule has 66 valence electrons. The van der Waals surface area contributed by atoms with Gasteiger partial charge in [0.15, 0.2) is 0 Å². The molecule has 2 heterocycles. The smallest absolute Gasteiger partial charge is 0.313 e. The highest BCUT2D eigenvalue weighted by molar-refractivity contribution is 5.51. The third-order valence-corrected chi connectivity index (χ3v) is 1.46. The average molecular weight is 178 g/mol. The van der Waals surface area contributed by atoms with Crippen LogP contribution in [0.15, 0.2) is 27.5 Å². The number of aromatic amines is 1. The molecule has 0 spiro atoms. The lowest BCUT2D eigenvalue weighted by Gasteiger charge is -1.90. The lowest BCUT2D eigenvalue weighted by atomic mass is 10.3. The van der Waals surface area contributed by atoms with Gasteiger partial charge in [0.1, 0.15) is 0 Å². The summed E-state index contributed by atoms with van der Waals surface area (Å²) in [6.45, 7) is 0. The molecule has 3 N–H and O–H groups in total. The maximum absolute atomic E-state index is 10.9. The van der Waals surface area contributed by atoms with Crippen LogP contribution in [0.3, 0.4) is 0 Å². The summed E-state index contributed by atoms with van der Waals surface area (Å²) < 4.78 is 4.93. The Morgan fingerprint density at radius 1 is 1.46 bits per heavy atom. The van der Waals surface area contributed by atoms with E-state index < -0.39 is 0 Å². The number of pyridine rings is 1. The summed E-state index contributed by atoms with van der Waals surface area (Å²) in [6.07, 6.45) is 1.50. The van der Waals surface area contributed by atoms with E-state index >= 15 is 0 Å². The second-order valence-corrected chi connectivity index (χ2v) is 2.39. The summed E-state index contributed by atoms with van der Waals surface area (Å²) in [5, 5.41) is 7.10. The van der Waals surface area contributed by atoms with Crippen LogP contribution in [0.1, 0.15) is 0 Å². The molecular formula is C7H6N4O2. The van der Waals surface area contributed by atoms with Crippen LogP contribution in [-0.4, -0.2) is 15.2 Å².